The third kappa shape index (κ3) is 3.37. The highest BCUT2D eigenvalue weighted by atomic mass is 19.4. The van der Waals surface area contributed by atoms with E-state index in [4.69, 9.17) is 0 Å². The molecule has 0 aliphatic rings. The molecule has 0 unspecified atom stereocenters. The number of nitrogens with zero attached hydrogens (tertiary/aromatic N) is 1. The van der Waals surface area contributed by atoms with Crippen LogP contribution in [0, 0.1) is 6.92 Å². The number of aromatic hydroxyl groups is 1. The highest BCUT2D eigenvalue weighted by Gasteiger charge is 2.31. The first-order valence-corrected chi connectivity index (χ1v) is 5.37. The molecule has 0 fully saturated rings. The Hall–Kier alpha value is -2.24. The molecular weight excluding hydrogens is 259 g/mol. The largest absolute Gasteiger partial charge is 0.573 e. The molecule has 1 heterocycles. The molecule has 0 amide bonds. The maximum absolute atomic E-state index is 12.1. The summed E-state index contributed by atoms with van der Waals surface area (Å²) in [6.45, 7) is 1.75. The Balaban J connectivity index is 2.38. The lowest BCUT2D eigenvalue weighted by atomic mass is 10.1. The quantitative estimate of drug-likeness (QED) is 0.904. The number of aromatic nitrogens is 1. The molecule has 100 valence electrons. The molecule has 0 radical (unpaired) electrons. The molecule has 0 aliphatic carbocycles. The summed E-state index contributed by atoms with van der Waals surface area (Å²) in [6.07, 6.45) is -3.23. The molecule has 0 bridgehead atoms. The molecule has 2 aromatic rings. The number of rotatable bonds is 2. The molecule has 0 saturated heterocycles. The lowest BCUT2D eigenvalue weighted by Crippen LogP contribution is -2.17. The van der Waals surface area contributed by atoms with Crippen molar-refractivity contribution in [2.24, 2.45) is 0 Å². The van der Waals surface area contributed by atoms with Crippen LogP contribution in [0.15, 0.2) is 36.5 Å². The fraction of sp³-hybridized carbons (Fsp3) is 0.154. The molecule has 6 heteroatoms. The van der Waals surface area contributed by atoms with Gasteiger partial charge in [0.05, 0.1) is 0 Å². The van der Waals surface area contributed by atoms with Crippen molar-refractivity contribution in [1.29, 1.82) is 0 Å². The van der Waals surface area contributed by atoms with Crippen molar-refractivity contribution in [3.05, 3.63) is 42.1 Å². The van der Waals surface area contributed by atoms with Crippen LogP contribution in [0.25, 0.3) is 11.3 Å². The molecule has 1 aromatic heterocycles. The predicted molar refractivity (Wildman–Crippen MR) is 62.8 cm³/mol. The van der Waals surface area contributed by atoms with E-state index in [2.05, 4.69) is 9.72 Å². The number of alkyl halides is 3. The average Bonchev–Trinajstić information content (AvgIpc) is 2.26. The highest BCUT2D eigenvalue weighted by Crippen LogP contribution is 2.31. The van der Waals surface area contributed by atoms with Crippen LogP contribution in [0.5, 0.6) is 11.5 Å². The third-order valence-corrected chi connectivity index (χ3v) is 2.35. The monoisotopic (exact) mass is 269 g/mol. The lowest BCUT2D eigenvalue weighted by Gasteiger charge is -2.10. The molecule has 3 nitrogen and oxygen atoms in total. The molecule has 0 atom stereocenters. The standard InChI is InChI=1S/C13H10F3NO2/c1-8-5-11(18)12(17-7-8)9-3-2-4-10(6-9)19-13(14,15)16/h2-7,18H,1H3. The van der Waals surface area contributed by atoms with E-state index in [0.29, 0.717) is 5.56 Å². The van der Waals surface area contributed by atoms with E-state index in [1.165, 1.54) is 30.5 Å². The second-order valence-corrected chi connectivity index (χ2v) is 3.96. The van der Waals surface area contributed by atoms with Gasteiger partial charge in [0.25, 0.3) is 0 Å². The van der Waals surface area contributed by atoms with Gasteiger partial charge in [-0.2, -0.15) is 0 Å². The van der Waals surface area contributed by atoms with Gasteiger partial charge in [-0.05, 0) is 30.7 Å². The fourth-order valence-corrected chi connectivity index (χ4v) is 1.62. The minimum absolute atomic E-state index is 0.0934. The second kappa shape index (κ2) is 4.79. The summed E-state index contributed by atoms with van der Waals surface area (Å²) in [5, 5.41) is 9.74. The van der Waals surface area contributed by atoms with Gasteiger partial charge in [0.1, 0.15) is 17.2 Å². The van der Waals surface area contributed by atoms with Crippen molar-refractivity contribution in [2.75, 3.05) is 0 Å². The number of benzene rings is 1. The van der Waals surface area contributed by atoms with E-state index in [0.717, 1.165) is 5.56 Å². The van der Waals surface area contributed by atoms with Gasteiger partial charge in [-0.25, -0.2) is 0 Å². The van der Waals surface area contributed by atoms with Crippen LogP contribution < -0.4 is 4.74 Å². The first-order chi connectivity index (χ1) is 8.85. The van der Waals surface area contributed by atoms with E-state index >= 15 is 0 Å². The zero-order chi connectivity index (χ0) is 14.0. The van der Waals surface area contributed by atoms with Gasteiger partial charge >= 0.3 is 6.36 Å². The number of aryl methyl sites for hydroxylation is 1. The number of pyridine rings is 1. The van der Waals surface area contributed by atoms with Crippen LogP contribution in [0.3, 0.4) is 0 Å². The van der Waals surface area contributed by atoms with E-state index in [1.807, 2.05) is 0 Å². The van der Waals surface area contributed by atoms with Crippen molar-refractivity contribution in [3.8, 4) is 22.8 Å². The lowest BCUT2D eigenvalue weighted by molar-refractivity contribution is -0.274. The van der Waals surface area contributed by atoms with Crippen molar-refractivity contribution in [3.63, 3.8) is 0 Å². The molecule has 0 spiro atoms. The topological polar surface area (TPSA) is 42.4 Å². The second-order valence-electron chi connectivity index (χ2n) is 3.96. The van der Waals surface area contributed by atoms with Gasteiger partial charge in [0.2, 0.25) is 0 Å². The first-order valence-electron chi connectivity index (χ1n) is 5.37. The maximum atomic E-state index is 12.1. The Bertz CT molecular complexity index is 597. The number of halogens is 3. The minimum Gasteiger partial charge on any atom is -0.506 e. The zero-order valence-electron chi connectivity index (χ0n) is 9.90. The Morgan fingerprint density at radius 1 is 1.21 bits per heavy atom. The Kier molecular flexibility index (Phi) is 3.33. The summed E-state index contributed by atoms with van der Waals surface area (Å²) in [5.74, 6) is -0.448. The van der Waals surface area contributed by atoms with E-state index in [9.17, 15) is 18.3 Å². The van der Waals surface area contributed by atoms with E-state index in [1.54, 1.807) is 13.0 Å². The summed E-state index contributed by atoms with van der Waals surface area (Å²) in [5.41, 5.74) is 1.31. The Labute approximate surface area is 107 Å². The molecule has 1 N–H and O–H groups in total. The van der Waals surface area contributed by atoms with Gasteiger partial charge in [0.15, 0.2) is 0 Å². The van der Waals surface area contributed by atoms with Gasteiger partial charge in [-0.3, -0.25) is 4.98 Å². The number of ether oxygens (including phenoxy) is 1. The summed E-state index contributed by atoms with van der Waals surface area (Å²) in [7, 11) is 0. The summed E-state index contributed by atoms with van der Waals surface area (Å²) < 4.78 is 40.2. The molecule has 19 heavy (non-hydrogen) atoms. The van der Waals surface area contributed by atoms with Crippen LogP contribution >= 0.6 is 0 Å². The summed E-state index contributed by atoms with van der Waals surface area (Å²) in [6, 6.07) is 6.78. The van der Waals surface area contributed by atoms with Gasteiger partial charge in [0, 0.05) is 11.8 Å². The van der Waals surface area contributed by atoms with Crippen molar-refractivity contribution >= 4 is 0 Å². The smallest absolute Gasteiger partial charge is 0.506 e. The van der Waals surface area contributed by atoms with Gasteiger partial charge in [-0.1, -0.05) is 12.1 Å². The van der Waals surface area contributed by atoms with E-state index < -0.39 is 6.36 Å². The van der Waals surface area contributed by atoms with Crippen molar-refractivity contribution in [2.45, 2.75) is 13.3 Å². The summed E-state index contributed by atoms with van der Waals surface area (Å²) >= 11 is 0. The van der Waals surface area contributed by atoms with Gasteiger partial charge in [-0.15, -0.1) is 13.2 Å². The maximum Gasteiger partial charge on any atom is 0.573 e. The van der Waals surface area contributed by atoms with Crippen LogP contribution in [-0.2, 0) is 0 Å². The molecule has 0 saturated carbocycles. The third-order valence-electron chi connectivity index (χ3n) is 2.35. The number of hydrogen-bond donors (Lipinski definition) is 1. The van der Waals surface area contributed by atoms with Gasteiger partial charge < -0.3 is 9.84 Å². The van der Waals surface area contributed by atoms with Crippen LogP contribution in [-0.4, -0.2) is 16.5 Å². The number of hydrogen-bond acceptors (Lipinski definition) is 3. The molecule has 1 aromatic carbocycles. The van der Waals surface area contributed by atoms with Crippen molar-refractivity contribution < 1.29 is 23.0 Å². The predicted octanol–water partition coefficient (Wildman–Crippen LogP) is 3.66. The molecular formula is C13H10F3NO2. The zero-order valence-corrected chi connectivity index (χ0v) is 9.90. The molecule has 2 rings (SSSR count). The van der Waals surface area contributed by atoms with Crippen LogP contribution in [0.2, 0.25) is 0 Å². The Morgan fingerprint density at radius 3 is 2.58 bits per heavy atom. The minimum atomic E-state index is -4.75. The highest BCUT2D eigenvalue weighted by molar-refractivity contribution is 5.67. The fourth-order valence-electron chi connectivity index (χ4n) is 1.62. The first kappa shape index (κ1) is 13.2. The van der Waals surface area contributed by atoms with Crippen LogP contribution in [0.4, 0.5) is 13.2 Å². The SMILES string of the molecule is Cc1cnc(-c2cccc(OC(F)(F)F)c2)c(O)c1. The normalized spacial score (nSPS) is 11.4. The van der Waals surface area contributed by atoms with Crippen LogP contribution in [0.1, 0.15) is 5.56 Å². The van der Waals surface area contributed by atoms with Crippen molar-refractivity contribution in [1.82, 2.24) is 4.98 Å². The van der Waals surface area contributed by atoms with E-state index in [-0.39, 0.29) is 17.2 Å². The summed E-state index contributed by atoms with van der Waals surface area (Å²) in [4.78, 5) is 4.00. The molecule has 0 aliphatic heterocycles. The Morgan fingerprint density at radius 2 is 1.95 bits per heavy atom. The average molecular weight is 269 g/mol.